The molecule has 32 heavy (non-hydrogen) atoms. The molecule has 0 aliphatic heterocycles. The quantitative estimate of drug-likeness (QED) is 0.264. The predicted molar refractivity (Wildman–Crippen MR) is 135 cm³/mol. The molecule has 3 aromatic rings. The second-order valence-electron chi connectivity index (χ2n) is 6.64. The van der Waals surface area contributed by atoms with Crippen LogP contribution in [0.25, 0.3) is 17.2 Å². The lowest BCUT2D eigenvalue weighted by Crippen LogP contribution is -1.95. The molecule has 2 aromatic carbocycles. The average molecular weight is 429 g/mol. The van der Waals surface area contributed by atoms with Crippen LogP contribution >= 0.6 is 0 Å². The molecule has 1 aromatic heterocycles. The minimum atomic E-state index is -0.212. The monoisotopic (exact) mass is 428 g/mol. The van der Waals surface area contributed by atoms with Crippen molar-refractivity contribution in [2.75, 3.05) is 0 Å². The number of carbonyl (C=O) groups excluding carboxylic acids is 1. The summed E-state index contributed by atoms with van der Waals surface area (Å²) in [6.45, 7) is 10.7. The van der Waals surface area contributed by atoms with E-state index in [0.29, 0.717) is 11.3 Å². The van der Waals surface area contributed by atoms with E-state index in [2.05, 4.69) is 35.2 Å². The SMILES string of the molecule is C=C/C=C\C(C#Cc1cn[nH]c1C(C)=O)=C/C.C=Cc1cccc(-c2cccc(F)c2)c1.[HH].[HH]. The molecular formula is C28H29FN2O. The minimum Gasteiger partial charge on any atom is -0.293 e. The van der Waals surface area contributed by atoms with Crippen LogP contribution in [0.15, 0.2) is 97.8 Å². The van der Waals surface area contributed by atoms with Gasteiger partial charge in [-0.1, -0.05) is 79.6 Å². The molecule has 0 saturated heterocycles. The van der Waals surface area contributed by atoms with E-state index in [4.69, 9.17) is 0 Å². The van der Waals surface area contributed by atoms with Crippen LogP contribution in [0.3, 0.4) is 0 Å². The van der Waals surface area contributed by atoms with Gasteiger partial charge in [-0.05, 0) is 47.9 Å². The van der Waals surface area contributed by atoms with E-state index in [1.54, 1.807) is 24.4 Å². The number of aromatic amines is 1. The molecule has 0 radical (unpaired) electrons. The molecule has 4 heteroatoms. The number of aromatic nitrogens is 2. The van der Waals surface area contributed by atoms with Gasteiger partial charge in [0.05, 0.1) is 11.8 Å². The minimum absolute atomic E-state index is 0. The highest BCUT2D eigenvalue weighted by atomic mass is 19.1. The van der Waals surface area contributed by atoms with Crippen LogP contribution in [0.1, 0.15) is 38.3 Å². The lowest BCUT2D eigenvalue weighted by atomic mass is 10.0. The van der Waals surface area contributed by atoms with Crippen molar-refractivity contribution in [2.24, 2.45) is 0 Å². The van der Waals surface area contributed by atoms with Gasteiger partial charge in [0.2, 0.25) is 0 Å². The molecule has 1 heterocycles. The smallest absolute Gasteiger partial charge is 0.178 e. The maximum absolute atomic E-state index is 13.0. The zero-order valence-corrected chi connectivity index (χ0v) is 18.2. The van der Waals surface area contributed by atoms with Crippen molar-refractivity contribution in [3.8, 4) is 23.0 Å². The lowest BCUT2D eigenvalue weighted by molar-refractivity contribution is 0.101. The van der Waals surface area contributed by atoms with Crippen LogP contribution < -0.4 is 0 Å². The van der Waals surface area contributed by atoms with E-state index < -0.39 is 0 Å². The van der Waals surface area contributed by atoms with E-state index >= 15 is 0 Å². The molecule has 1 N–H and O–H groups in total. The number of hydrogen-bond donors (Lipinski definition) is 1. The number of allylic oxidation sites excluding steroid dienone is 5. The number of nitrogens with zero attached hydrogens (tertiary/aromatic N) is 1. The summed E-state index contributed by atoms with van der Waals surface area (Å²) in [6, 6.07) is 14.4. The zero-order chi connectivity index (χ0) is 23.3. The summed E-state index contributed by atoms with van der Waals surface area (Å²) in [6.07, 6.45) is 10.6. The average Bonchev–Trinajstić information content (AvgIpc) is 3.29. The number of benzene rings is 2. The molecule has 3 nitrogen and oxygen atoms in total. The number of hydrogen-bond acceptors (Lipinski definition) is 2. The molecule has 0 spiro atoms. The van der Waals surface area contributed by atoms with Gasteiger partial charge in [-0.15, -0.1) is 0 Å². The first-order chi connectivity index (χ1) is 15.5. The van der Waals surface area contributed by atoms with E-state index in [1.807, 2.05) is 55.5 Å². The molecular weight excluding hydrogens is 399 g/mol. The highest BCUT2D eigenvalue weighted by Crippen LogP contribution is 2.21. The summed E-state index contributed by atoms with van der Waals surface area (Å²) in [4.78, 5) is 11.2. The van der Waals surface area contributed by atoms with Crippen molar-refractivity contribution in [2.45, 2.75) is 13.8 Å². The fraction of sp³-hybridized carbons (Fsp3) is 0.0714. The van der Waals surface area contributed by atoms with Crippen molar-refractivity contribution in [1.82, 2.24) is 10.2 Å². The number of carbonyl (C=O) groups is 1. The van der Waals surface area contributed by atoms with Gasteiger partial charge in [0.1, 0.15) is 11.5 Å². The fourth-order valence-corrected chi connectivity index (χ4v) is 2.68. The summed E-state index contributed by atoms with van der Waals surface area (Å²) in [5.41, 5.74) is 4.85. The van der Waals surface area contributed by atoms with Gasteiger partial charge in [-0.25, -0.2) is 4.39 Å². The molecule has 0 bridgehead atoms. The van der Waals surface area contributed by atoms with Gasteiger partial charge in [-0.3, -0.25) is 9.89 Å². The third kappa shape index (κ3) is 7.23. The van der Waals surface area contributed by atoms with Crippen molar-refractivity contribution in [3.05, 3.63) is 120 Å². The Morgan fingerprint density at radius 3 is 2.50 bits per heavy atom. The summed E-state index contributed by atoms with van der Waals surface area (Å²) >= 11 is 0. The number of nitrogens with one attached hydrogen (secondary N) is 1. The van der Waals surface area contributed by atoms with Gasteiger partial charge < -0.3 is 0 Å². The standard InChI is InChI=1S/C14H11F.C14H14N2O.2H2/c1-2-11-5-3-6-12(9-11)13-7-4-8-14(15)10-13;1-4-6-7-12(5-2)8-9-13-10-15-16-14(13)11(3)17;;/h2-10H,1H2;4-7,10H,1H2,2-3H3,(H,15,16);2*1H/b;7-6-,12-5+;;. The highest BCUT2D eigenvalue weighted by Gasteiger charge is 2.06. The molecule has 0 unspecified atom stereocenters. The normalized spacial score (nSPS) is 10.5. The van der Waals surface area contributed by atoms with Crippen LogP contribution in [0.4, 0.5) is 4.39 Å². The first-order valence-electron chi connectivity index (χ1n) is 9.98. The Bertz CT molecular complexity index is 1230. The van der Waals surface area contributed by atoms with Crippen LogP contribution in [-0.2, 0) is 0 Å². The molecule has 0 aliphatic rings. The number of ketones is 1. The van der Waals surface area contributed by atoms with Crippen LogP contribution in [0.5, 0.6) is 0 Å². The fourth-order valence-electron chi connectivity index (χ4n) is 2.68. The van der Waals surface area contributed by atoms with Gasteiger partial charge in [0, 0.05) is 15.4 Å². The summed E-state index contributed by atoms with van der Waals surface area (Å²) < 4.78 is 13.0. The van der Waals surface area contributed by atoms with Crippen LogP contribution in [-0.4, -0.2) is 16.0 Å². The predicted octanol–water partition coefficient (Wildman–Crippen LogP) is 7.28. The lowest BCUT2D eigenvalue weighted by Gasteiger charge is -2.02. The second kappa shape index (κ2) is 12.5. The van der Waals surface area contributed by atoms with Crippen molar-refractivity contribution >= 4 is 11.9 Å². The number of rotatable bonds is 5. The third-order valence-electron chi connectivity index (χ3n) is 4.34. The molecule has 0 aliphatic carbocycles. The van der Waals surface area contributed by atoms with Gasteiger partial charge in [-0.2, -0.15) is 5.10 Å². The number of halogens is 1. The molecule has 0 atom stereocenters. The largest absolute Gasteiger partial charge is 0.293 e. The van der Waals surface area contributed by atoms with Gasteiger partial charge in [0.15, 0.2) is 5.78 Å². The van der Waals surface area contributed by atoms with Crippen molar-refractivity contribution < 1.29 is 12.0 Å². The van der Waals surface area contributed by atoms with Gasteiger partial charge in [0.25, 0.3) is 0 Å². The molecule has 164 valence electrons. The Kier molecular flexibility index (Phi) is 9.36. The molecule has 0 saturated carbocycles. The van der Waals surface area contributed by atoms with E-state index in [-0.39, 0.29) is 14.5 Å². The topological polar surface area (TPSA) is 45.8 Å². The zero-order valence-electron chi connectivity index (χ0n) is 18.2. The third-order valence-corrected chi connectivity index (χ3v) is 4.34. The maximum atomic E-state index is 13.0. The number of H-pyrrole nitrogens is 1. The second-order valence-corrected chi connectivity index (χ2v) is 6.64. The Labute approximate surface area is 191 Å². The van der Waals surface area contributed by atoms with E-state index in [1.165, 1.54) is 19.1 Å². The van der Waals surface area contributed by atoms with Crippen LogP contribution in [0, 0.1) is 17.7 Å². The Morgan fingerprint density at radius 1 is 1.16 bits per heavy atom. The first kappa shape index (κ1) is 24.0. The Hall–Kier alpha value is -4.23. The van der Waals surface area contributed by atoms with Gasteiger partial charge >= 0.3 is 0 Å². The van der Waals surface area contributed by atoms with E-state index in [9.17, 15) is 9.18 Å². The van der Waals surface area contributed by atoms with Crippen molar-refractivity contribution in [3.63, 3.8) is 0 Å². The molecule has 0 fully saturated rings. The van der Waals surface area contributed by atoms with E-state index in [0.717, 1.165) is 22.3 Å². The molecule has 3 rings (SSSR count). The summed E-state index contributed by atoms with van der Waals surface area (Å²) in [5, 5.41) is 6.44. The molecule has 0 amide bonds. The van der Waals surface area contributed by atoms with Crippen LogP contribution in [0.2, 0.25) is 0 Å². The van der Waals surface area contributed by atoms with Crippen molar-refractivity contribution in [1.29, 1.82) is 0 Å². The summed E-state index contributed by atoms with van der Waals surface area (Å²) in [5.74, 6) is 5.60. The first-order valence-corrected chi connectivity index (χ1v) is 9.98. The maximum Gasteiger partial charge on any atom is 0.178 e. The number of Topliss-reactive ketones (excluding diaryl/α,β-unsaturated/α-hetero) is 1. The highest BCUT2D eigenvalue weighted by molar-refractivity contribution is 5.94. The summed E-state index contributed by atoms with van der Waals surface area (Å²) in [7, 11) is 0. The Morgan fingerprint density at radius 2 is 1.88 bits per heavy atom. The Balaban J connectivity index is 0.000000608.